The molecule has 26 heavy (non-hydrogen) atoms. The first-order valence-corrected chi connectivity index (χ1v) is 8.56. The molecule has 2 heterocycles. The van der Waals surface area contributed by atoms with E-state index in [1.54, 1.807) is 22.8 Å². The molecule has 2 aromatic heterocycles. The third-order valence-electron chi connectivity index (χ3n) is 4.50. The Hall–Kier alpha value is -2.80. The largest absolute Gasteiger partial charge is 0.340 e. The van der Waals surface area contributed by atoms with E-state index in [9.17, 15) is 4.79 Å². The van der Waals surface area contributed by atoms with E-state index >= 15 is 0 Å². The summed E-state index contributed by atoms with van der Waals surface area (Å²) in [6, 6.07) is 9.74. The van der Waals surface area contributed by atoms with Crippen LogP contribution in [0.4, 0.5) is 0 Å². The van der Waals surface area contributed by atoms with Gasteiger partial charge in [-0.25, -0.2) is 4.68 Å². The fourth-order valence-corrected chi connectivity index (χ4v) is 2.97. The van der Waals surface area contributed by atoms with Gasteiger partial charge in [0.05, 0.1) is 16.9 Å². The maximum Gasteiger partial charge on any atom is 0.276 e. The van der Waals surface area contributed by atoms with E-state index in [4.69, 9.17) is 5.73 Å². The van der Waals surface area contributed by atoms with Crippen LogP contribution in [0.2, 0.25) is 0 Å². The first kappa shape index (κ1) is 18.0. The van der Waals surface area contributed by atoms with Crippen LogP contribution in [0.5, 0.6) is 0 Å². The van der Waals surface area contributed by atoms with Crippen molar-refractivity contribution in [3.63, 3.8) is 0 Å². The van der Waals surface area contributed by atoms with Gasteiger partial charge < -0.3 is 10.6 Å². The second kappa shape index (κ2) is 6.84. The van der Waals surface area contributed by atoms with Gasteiger partial charge in [0.15, 0.2) is 5.69 Å². The third-order valence-corrected chi connectivity index (χ3v) is 4.50. The number of benzene rings is 1. The molecule has 136 valence electrons. The monoisotopic (exact) mass is 352 g/mol. The molecule has 0 aliphatic rings. The molecule has 7 heteroatoms. The van der Waals surface area contributed by atoms with Crippen LogP contribution < -0.4 is 5.73 Å². The Labute approximate surface area is 152 Å². The number of amides is 1. The lowest BCUT2D eigenvalue weighted by molar-refractivity contribution is 0.0734. The molecule has 3 rings (SSSR count). The van der Waals surface area contributed by atoms with Crippen LogP contribution in [-0.4, -0.2) is 50.9 Å². The number of hydrogen-bond acceptors (Lipinski definition) is 5. The zero-order valence-corrected chi connectivity index (χ0v) is 15.6. The highest BCUT2D eigenvalue weighted by molar-refractivity contribution is 5.93. The van der Waals surface area contributed by atoms with E-state index in [2.05, 4.69) is 15.3 Å². The summed E-state index contributed by atoms with van der Waals surface area (Å²) in [4.78, 5) is 18.9. The van der Waals surface area contributed by atoms with Crippen molar-refractivity contribution >= 4 is 16.8 Å². The van der Waals surface area contributed by atoms with Crippen LogP contribution in [0.1, 0.15) is 30.0 Å². The van der Waals surface area contributed by atoms with E-state index in [0.717, 1.165) is 16.6 Å². The summed E-state index contributed by atoms with van der Waals surface area (Å²) in [7, 11) is 1.76. The molecule has 0 fully saturated rings. The Balaban J connectivity index is 1.96. The van der Waals surface area contributed by atoms with E-state index in [1.807, 2.05) is 51.1 Å². The molecule has 1 aromatic carbocycles. The highest BCUT2D eigenvalue weighted by Crippen LogP contribution is 2.22. The van der Waals surface area contributed by atoms with Crippen molar-refractivity contribution in [1.82, 2.24) is 24.9 Å². The van der Waals surface area contributed by atoms with Gasteiger partial charge in [-0.15, -0.1) is 5.10 Å². The number of hydrogen-bond donors (Lipinski definition) is 1. The van der Waals surface area contributed by atoms with Crippen LogP contribution in [0.3, 0.4) is 0 Å². The van der Waals surface area contributed by atoms with Gasteiger partial charge in [-0.2, -0.15) is 0 Å². The molecule has 0 aliphatic carbocycles. The number of rotatable bonds is 5. The highest BCUT2D eigenvalue weighted by atomic mass is 16.2. The quantitative estimate of drug-likeness (QED) is 0.760. The molecule has 2 N–H and O–H groups in total. The molecule has 0 atom stereocenters. The minimum absolute atomic E-state index is 0.159. The lowest BCUT2D eigenvalue weighted by Crippen LogP contribution is -2.40. The average Bonchev–Trinajstić information content (AvgIpc) is 3.01. The molecule has 0 aliphatic heterocycles. The van der Waals surface area contributed by atoms with Gasteiger partial charge in [0.1, 0.15) is 0 Å². The minimum atomic E-state index is -0.163. The molecule has 0 unspecified atom stereocenters. The van der Waals surface area contributed by atoms with Crippen LogP contribution in [0.15, 0.2) is 36.5 Å². The van der Waals surface area contributed by atoms with Gasteiger partial charge in [-0.3, -0.25) is 9.78 Å². The zero-order valence-electron chi connectivity index (χ0n) is 15.6. The number of carbonyl (C=O) groups is 1. The molecular formula is C19H24N6O. The van der Waals surface area contributed by atoms with Crippen LogP contribution in [-0.2, 0) is 0 Å². The number of para-hydroxylation sites is 1. The molecule has 1 amide bonds. The Morgan fingerprint density at radius 1 is 1.27 bits per heavy atom. The summed E-state index contributed by atoms with van der Waals surface area (Å²) >= 11 is 0. The van der Waals surface area contributed by atoms with Crippen molar-refractivity contribution < 1.29 is 4.79 Å². The Kier molecular flexibility index (Phi) is 4.73. The number of aromatic nitrogens is 4. The Bertz CT molecular complexity index is 941. The van der Waals surface area contributed by atoms with Gasteiger partial charge in [0.25, 0.3) is 5.91 Å². The summed E-state index contributed by atoms with van der Waals surface area (Å²) < 4.78 is 1.67. The zero-order chi connectivity index (χ0) is 18.9. The Morgan fingerprint density at radius 2 is 2.00 bits per heavy atom. The predicted octanol–water partition coefficient (Wildman–Crippen LogP) is 2.18. The van der Waals surface area contributed by atoms with E-state index in [0.29, 0.717) is 24.5 Å². The van der Waals surface area contributed by atoms with Crippen LogP contribution in [0.25, 0.3) is 16.6 Å². The number of pyridine rings is 1. The van der Waals surface area contributed by atoms with Crippen LogP contribution in [0, 0.1) is 12.3 Å². The van der Waals surface area contributed by atoms with Gasteiger partial charge in [0.2, 0.25) is 0 Å². The second-order valence-corrected chi connectivity index (χ2v) is 7.32. The first-order valence-electron chi connectivity index (χ1n) is 8.56. The molecule has 0 spiro atoms. The van der Waals surface area contributed by atoms with E-state index < -0.39 is 0 Å². The fourth-order valence-electron chi connectivity index (χ4n) is 2.97. The van der Waals surface area contributed by atoms with Crippen molar-refractivity contribution in [3.8, 4) is 5.69 Å². The highest BCUT2D eigenvalue weighted by Gasteiger charge is 2.26. The van der Waals surface area contributed by atoms with E-state index in [-0.39, 0.29) is 11.3 Å². The van der Waals surface area contributed by atoms with Gasteiger partial charge in [0, 0.05) is 25.2 Å². The second-order valence-electron chi connectivity index (χ2n) is 7.32. The Morgan fingerprint density at radius 3 is 2.73 bits per heavy atom. The molecule has 7 nitrogen and oxygen atoms in total. The topological polar surface area (TPSA) is 89.9 Å². The maximum absolute atomic E-state index is 12.8. The lowest BCUT2D eigenvalue weighted by atomic mass is 9.93. The normalized spacial score (nSPS) is 11.7. The summed E-state index contributed by atoms with van der Waals surface area (Å²) in [6.45, 7) is 6.95. The molecular weight excluding hydrogens is 328 g/mol. The van der Waals surface area contributed by atoms with Gasteiger partial charge in [-0.05, 0) is 31.0 Å². The number of fused-ring (bicyclic) bond motifs is 1. The lowest BCUT2D eigenvalue weighted by Gasteiger charge is -2.28. The minimum Gasteiger partial charge on any atom is -0.340 e. The predicted molar refractivity (Wildman–Crippen MR) is 101 cm³/mol. The summed E-state index contributed by atoms with van der Waals surface area (Å²) in [5.41, 5.74) is 8.27. The molecule has 0 saturated carbocycles. The van der Waals surface area contributed by atoms with Crippen molar-refractivity contribution in [1.29, 1.82) is 0 Å². The average molecular weight is 352 g/mol. The van der Waals surface area contributed by atoms with Gasteiger partial charge in [-0.1, -0.05) is 37.3 Å². The molecule has 0 radical (unpaired) electrons. The number of nitrogens with zero attached hydrogens (tertiary/aromatic N) is 5. The molecule has 0 saturated heterocycles. The SMILES string of the molecule is Cc1c(C(=O)N(C)CC(C)(C)CN)nnn1-c1cccc2cccnc12. The van der Waals surface area contributed by atoms with Crippen molar-refractivity contribution in [3.05, 3.63) is 47.9 Å². The maximum atomic E-state index is 12.8. The smallest absolute Gasteiger partial charge is 0.276 e. The van der Waals surface area contributed by atoms with Gasteiger partial charge >= 0.3 is 0 Å². The molecule has 0 bridgehead atoms. The van der Waals surface area contributed by atoms with Crippen molar-refractivity contribution in [2.45, 2.75) is 20.8 Å². The molecule has 3 aromatic rings. The van der Waals surface area contributed by atoms with Crippen LogP contribution >= 0.6 is 0 Å². The fraction of sp³-hybridized carbons (Fsp3) is 0.368. The standard InChI is InChI=1S/C19H24N6O/c1-13-16(18(26)24(4)12-19(2,3)11-20)22-23-25(13)15-9-5-7-14-8-6-10-21-17(14)15/h5-10H,11-12,20H2,1-4H3. The first-order chi connectivity index (χ1) is 12.3. The van der Waals surface area contributed by atoms with Crippen molar-refractivity contribution in [2.24, 2.45) is 11.1 Å². The summed E-state index contributed by atoms with van der Waals surface area (Å²) in [5, 5.41) is 9.36. The van der Waals surface area contributed by atoms with E-state index in [1.165, 1.54) is 0 Å². The number of carbonyl (C=O) groups excluding carboxylic acids is 1. The number of nitrogens with two attached hydrogens (primary N) is 1. The summed E-state index contributed by atoms with van der Waals surface area (Å²) in [6.07, 6.45) is 1.74. The van der Waals surface area contributed by atoms with Crippen molar-refractivity contribution in [2.75, 3.05) is 20.1 Å². The third kappa shape index (κ3) is 3.30. The summed E-state index contributed by atoms with van der Waals surface area (Å²) in [5.74, 6) is -0.163.